The number of nitrogens with zero attached hydrogens (tertiary/aromatic N) is 1. The zero-order chi connectivity index (χ0) is 15.8. The van der Waals surface area contributed by atoms with Crippen molar-refractivity contribution < 1.29 is 12.8 Å². The van der Waals surface area contributed by atoms with E-state index >= 15 is 0 Å². The highest BCUT2D eigenvalue weighted by atomic mass is 79.9. The number of sulfonamides is 1. The topological polar surface area (TPSA) is 101 Å². The Balaban J connectivity index is 2.36. The molecule has 6 nitrogen and oxygen atoms in total. The number of halogens is 2. The number of aromatic amines is 1. The molecule has 2 aromatic rings. The number of H-pyrrole nitrogens is 1. The third kappa shape index (κ3) is 3.35. The molecule has 1 aromatic carbocycles. The van der Waals surface area contributed by atoms with Crippen LogP contribution in [0.5, 0.6) is 0 Å². The van der Waals surface area contributed by atoms with Crippen molar-refractivity contribution in [3.05, 3.63) is 34.2 Å². The minimum Gasteiger partial charge on any atom is -0.396 e. The van der Waals surface area contributed by atoms with Gasteiger partial charge in [0, 0.05) is 16.2 Å². The molecule has 0 fully saturated rings. The highest BCUT2D eigenvalue weighted by Gasteiger charge is 2.21. The third-order valence-electron chi connectivity index (χ3n) is 2.80. The molecule has 1 heterocycles. The van der Waals surface area contributed by atoms with E-state index in [-0.39, 0.29) is 26.8 Å². The molecule has 0 aliphatic heterocycles. The van der Waals surface area contributed by atoms with Crippen molar-refractivity contribution in [3.8, 4) is 0 Å². The highest BCUT2D eigenvalue weighted by molar-refractivity contribution is 9.10. The monoisotopic (exact) mass is 376 g/mol. The molecule has 0 spiro atoms. The second-order valence-electron chi connectivity index (χ2n) is 4.77. The molecule has 0 aliphatic carbocycles. The SMILES string of the molecule is CC(C)c1cc(NS(=O)(=O)c2cc(N)c(F)cc2Br)n[nH]1. The van der Waals surface area contributed by atoms with Gasteiger partial charge in [-0.2, -0.15) is 5.10 Å². The van der Waals surface area contributed by atoms with E-state index in [0.717, 1.165) is 17.8 Å². The number of hydrogen-bond donors (Lipinski definition) is 3. The van der Waals surface area contributed by atoms with Crippen LogP contribution in [0.3, 0.4) is 0 Å². The predicted octanol–water partition coefficient (Wildman–Crippen LogP) is 2.82. The third-order valence-corrected chi connectivity index (χ3v) is 5.11. The Morgan fingerprint density at radius 2 is 2.05 bits per heavy atom. The maximum absolute atomic E-state index is 13.3. The molecule has 0 unspecified atom stereocenters. The van der Waals surface area contributed by atoms with Gasteiger partial charge in [-0.15, -0.1) is 0 Å². The van der Waals surface area contributed by atoms with Crippen molar-refractivity contribution in [1.82, 2.24) is 10.2 Å². The summed E-state index contributed by atoms with van der Waals surface area (Å²) >= 11 is 3.02. The number of nitrogen functional groups attached to an aromatic ring is 1. The zero-order valence-corrected chi connectivity index (χ0v) is 13.7. The van der Waals surface area contributed by atoms with Crippen LogP contribution in [0.2, 0.25) is 0 Å². The van der Waals surface area contributed by atoms with Crippen LogP contribution in [-0.2, 0) is 10.0 Å². The molecule has 2 rings (SSSR count). The lowest BCUT2D eigenvalue weighted by Gasteiger charge is -2.08. The maximum Gasteiger partial charge on any atom is 0.264 e. The molecule has 21 heavy (non-hydrogen) atoms. The second kappa shape index (κ2) is 5.64. The molecule has 0 saturated heterocycles. The minimum atomic E-state index is -3.92. The molecule has 4 N–H and O–H groups in total. The first kappa shape index (κ1) is 15.8. The summed E-state index contributed by atoms with van der Waals surface area (Å²) in [6.07, 6.45) is 0. The van der Waals surface area contributed by atoms with Gasteiger partial charge in [0.1, 0.15) is 10.7 Å². The average Bonchev–Trinajstić information content (AvgIpc) is 2.81. The first-order valence-corrected chi connectivity index (χ1v) is 8.31. The summed E-state index contributed by atoms with van der Waals surface area (Å²) in [6.45, 7) is 3.89. The normalized spacial score (nSPS) is 11.9. The van der Waals surface area contributed by atoms with Crippen molar-refractivity contribution in [2.75, 3.05) is 10.5 Å². The van der Waals surface area contributed by atoms with Gasteiger partial charge in [0.05, 0.1) is 5.69 Å². The van der Waals surface area contributed by atoms with E-state index in [2.05, 4.69) is 30.8 Å². The van der Waals surface area contributed by atoms with Crippen LogP contribution >= 0.6 is 15.9 Å². The molecule has 114 valence electrons. The summed E-state index contributed by atoms with van der Waals surface area (Å²) in [7, 11) is -3.92. The summed E-state index contributed by atoms with van der Waals surface area (Å²) < 4.78 is 40.3. The fourth-order valence-corrected chi connectivity index (χ4v) is 3.67. The summed E-state index contributed by atoms with van der Waals surface area (Å²) in [6, 6.07) is 3.66. The summed E-state index contributed by atoms with van der Waals surface area (Å²) in [4.78, 5) is -0.157. The fraction of sp³-hybridized carbons (Fsp3) is 0.250. The van der Waals surface area contributed by atoms with Gasteiger partial charge in [-0.05, 0) is 34.0 Å². The van der Waals surface area contributed by atoms with Crippen LogP contribution < -0.4 is 10.5 Å². The first-order chi connectivity index (χ1) is 9.70. The number of anilines is 2. The van der Waals surface area contributed by atoms with Gasteiger partial charge in [0.25, 0.3) is 10.0 Å². The molecule has 1 aromatic heterocycles. The zero-order valence-electron chi connectivity index (χ0n) is 11.3. The highest BCUT2D eigenvalue weighted by Crippen LogP contribution is 2.28. The molecule has 9 heteroatoms. The number of nitrogens with one attached hydrogen (secondary N) is 2. The molecule has 0 aliphatic rings. The Morgan fingerprint density at radius 3 is 2.62 bits per heavy atom. The van der Waals surface area contributed by atoms with Crippen LogP contribution in [0.25, 0.3) is 0 Å². The number of aromatic nitrogens is 2. The number of rotatable bonds is 4. The van der Waals surface area contributed by atoms with Crippen molar-refractivity contribution in [1.29, 1.82) is 0 Å². The van der Waals surface area contributed by atoms with Gasteiger partial charge in [0.15, 0.2) is 5.82 Å². The summed E-state index contributed by atoms with van der Waals surface area (Å²) in [5.74, 6) is -0.347. The Bertz CT molecular complexity index is 774. The van der Waals surface area contributed by atoms with Crippen molar-refractivity contribution in [2.45, 2.75) is 24.7 Å². The van der Waals surface area contributed by atoms with Gasteiger partial charge in [-0.25, -0.2) is 12.8 Å². The quantitative estimate of drug-likeness (QED) is 0.714. The minimum absolute atomic E-state index is 0.0846. The lowest BCUT2D eigenvalue weighted by molar-refractivity contribution is 0.599. The van der Waals surface area contributed by atoms with Gasteiger partial charge >= 0.3 is 0 Å². The molecule has 0 bridgehead atoms. The van der Waals surface area contributed by atoms with Gasteiger partial charge in [-0.3, -0.25) is 9.82 Å². The average molecular weight is 377 g/mol. The van der Waals surface area contributed by atoms with Crippen LogP contribution in [0.1, 0.15) is 25.5 Å². The molecule has 0 atom stereocenters. The Labute approximate surface area is 130 Å². The van der Waals surface area contributed by atoms with E-state index in [1.807, 2.05) is 13.8 Å². The van der Waals surface area contributed by atoms with Crippen molar-refractivity contribution >= 4 is 37.5 Å². The number of benzene rings is 1. The largest absolute Gasteiger partial charge is 0.396 e. The van der Waals surface area contributed by atoms with Gasteiger partial charge in [0.2, 0.25) is 0 Å². The van der Waals surface area contributed by atoms with Crippen molar-refractivity contribution in [2.24, 2.45) is 0 Å². The van der Waals surface area contributed by atoms with Gasteiger partial charge in [-0.1, -0.05) is 13.8 Å². The fourth-order valence-electron chi connectivity index (χ4n) is 1.63. The van der Waals surface area contributed by atoms with E-state index in [1.54, 1.807) is 6.07 Å². The standard InChI is InChI=1S/C12H14BrFN4O2S/c1-6(2)10-5-12(17-16-10)18-21(19,20)11-4-9(15)8(14)3-7(11)13/h3-6H,15H2,1-2H3,(H2,16,17,18). The van der Waals surface area contributed by atoms with Crippen LogP contribution in [0.15, 0.2) is 27.6 Å². The molecular formula is C12H14BrFN4O2S. The van der Waals surface area contributed by atoms with E-state index in [0.29, 0.717) is 0 Å². The lowest BCUT2D eigenvalue weighted by Crippen LogP contribution is -2.14. The maximum atomic E-state index is 13.3. The Kier molecular flexibility index (Phi) is 4.24. The smallest absolute Gasteiger partial charge is 0.264 e. The van der Waals surface area contributed by atoms with E-state index in [4.69, 9.17) is 5.73 Å². The summed E-state index contributed by atoms with van der Waals surface area (Å²) in [5, 5.41) is 6.62. The summed E-state index contributed by atoms with van der Waals surface area (Å²) in [5.41, 5.74) is 5.96. The van der Waals surface area contributed by atoms with Gasteiger partial charge < -0.3 is 5.73 Å². The Morgan fingerprint density at radius 1 is 1.38 bits per heavy atom. The van der Waals surface area contributed by atoms with Crippen molar-refractivity contribution in [3.63, 3.8) is 0 Å². The second-order valence-corrected chi connectivity index (χ2v) is 7.28. The lowest BCUT2D eigenvalue weighted by atomic mass is 10.1. The van der Waals surface area contributed by atoms with E-state index in [1.165, 1.54) is 0 Å². The van der Waals surface area contributed by atoms with Crippen LogP contribution in [0.4, 0.5) is 15.9 Å². The molecule has 0 saturated carbocycles. The van der Waals surface area contributed by atoms with E-state index < -0.39 is 15.8 Å². The Hall–Kier alpha value is -1.61. The molecule has 0 radical (unpaired) electrons. The number of hydrogen-bond acceptors (Lipinski definition) is 4. The molecular weight excluding hydrogens is 363 g/mol. The van der Waals surface area contributed by atoms with E-state index in [9.17, 15) is 12.8 Å². The van der Waals surface area contributed by atoms with Crippen LogP contribution in [-0.4, -0.2) is 18.6 Å². The van der Waals surface area contributed by atoms with Crippen LogP contribution in [0, 0.1) is 5.82 Å². The predicted molar refractivity (Wildman–Crippen MR) is 82.0 cm³/mol. The number of nitrogens with two attached hydrogens (primary N) is 1. The first-order valence-electron chi connectivity index (χ1n) is 6.03. The molecule has 0 amide bonds.